The third kappa shape index (κ3) is 11.1. The van der Waals surface area contributed by atoms with Crippen molar-refractivity contribution in [1.82, 2.24) is 0 Å². The highest BCUT2D eigenvalue weighted by atomic mass is 16.5. The van der Waals surface area contributed by atoms with E-state index in [9.17, 15) is 9.59 Å². The molecule has 0 bridgehead atoms. The van der Waals surface area contributed by atoms with Crippen molar-refractivity contribution >= 4 is 11.9 Å². The van der Waals surface area contributed by atoms with Gasteiger partial charge in [0.15, 0.2) is 23.0 Å². The van der Waals surface area contributed by atoms with Crippen LogP contribution in [0.5, 0.6) is 34.5 Å². The van der Waals surface area contributed by atoms with Gasteiger partial charge in [0.1, 0.15) is 11.5 Å². The van der Waals surface area contributed by atoms with Crippen molar-refractivity contribution in [3.8, 4) is 34.5 Å². The Balaban J connectivity index is 1.64. The molecule has 0 radical (unpaired) electrons. The summed E-state index contributed by atoms with van der Waals surface area (Å²) in [5, 5.41) is 0. The van der Waals surface area contributed by atoms with Gasteiger partial charge in [0.2, 0.25) is 0 Å². The normalized spacial score (nSPS) is 10.6. The second kappa shape index (κ2) is 19.2. The molecule has 0 saturated carbocycles. The van der Waals surface area contributed by atoms with E-state index in [-0.39, 0.29) is 0 Å². The van der Waals surface area contributed by atoms with E-state index in [0.29, 0.717) is 72.1 Å². The summed E-state index contributed by atoms with van der Waals surface area (Å²) >= 11 is 0. The Morgan fingerprint density at radius 2 is 0.773 bits per heavy atom. The fourth-order valence-electron chi connectivity index (χ4n) is 3.95. The average molecular weight is 607 g/mol. The maximum Gasteiger partial charge on any atom is 0.343 e. The lowest BCUT2D eigenvalue weighted by Gasteiger charge is -2.14. The molecule has 0 heterocycles. The van der Waals surface area contributed by atoms with Crippen LogP contribution >= 0.6 is 0 Å². The molecule has 3 aromatic rings. The molecule has 0 spiro atoms. The molecule has 0 amide bonds. The molecule has 0 aliphatic rings. The molecular formula is C36H46O8. The molecule has 0 unspecified atom stereocenters. The molecule has 3 rings (SSSR count). The highest BCUT2D eigenvalue weighted by Gasteiger charge is 2.16. The first-order chi connectivity index (χ1) is 21.5. The smallest absolute Gasteiger partial charge is 0.343 e. The Kier molecular flexibility index (Phi) is 14.9. The van der Waals surface area contributed by atoms with Gasteiger partial charge >= 0.3 is 11.9 Å². The molecule has 3 aromatic carbocycles. The van der Waals surface area contributed by atoms with E-state index in [0.717, 1.165) is 51.4 Å². The molecular weight excluding hydrogens is 560 g/mol. The standard InChI is InChI=1S/C36H46O8/c1-5-9-21-39-31-19-13-27(25-33(31)41-23-11-7-3)35(37)43-29-15-17-30(18-16-29)44-36(38)28-14-20-32(40-22-10-6-2)34(26-28)42-24-12-8-4/h13-20,25-26H,5-12,21-24H2,1-4H3. The van der Waals surface area contributed by atoms with Crippen LogP contribution in [0.3, 0.4) is 0 Å². The van der Waals surface area contributed by atoms with Crippen LogP contribution in [0, 0.1) is 0 Å². The largest absolute Gasteiger partial charge is 0.490 e. The molecule has 0 aromatic heterocycles. The van der Waals surface area contributed by atoms with Gasteiger partial charge in [-0.15, -0.1) is 0 Å². The lowest BCUT2D eigenvalue weighted by Crippen LogP contribution is -2.11. The first-order valence-corrected chi connectivity index (χ1v) is 15.8. The summed E-state index contributed by atoms with van der Waals surface area (Å²) in [6, 6.07) is 16.4. The summed E-state index contributed by atoms with van der Waals surface area (Å²) in [6.45, 7) is 10.6. The van der Waals surface area contributed by atoms with Gasteiger partial charge in [-0.3, -0.25) is 0 Å². The van der Waals surface area contributed by atoms with Crippen molar-refractivity contribution in [2.24, 2.45) is 0 Å². The minimum atomic E-state index is -0.535. The predicted octanol–water partition coefficient (Wildman–Crippen LogP) is 8.84. The fourth-order valence-corrected chi connectivity index (χ4v) is 3.95. The number of ether oxygens (including phenoxy) is 6. The van der Waals surface area contributed by atoms with Gasteiger partial charge in [0.05, 0.1) is 37.6 Å². The summed E-state index contributed by atoms with van der Waals surface area (Å²) in [6.07, 6.45) is 7.67. The van der Waals surface area contributed by atoms with E-state index in [2.05, 4.69) is 27.7 Å². The zero-order chi connectivity index (χ0) is 31.6. The maximum absolute atomic E-state index is 12.9. The summed E-state index contributed by atoms with van der Waals surface area (Å²) in [4.78, 5) is 25.9. The number of benzene rings is 3. The van der Waals surface area contributed by atoms with Crippen molar-refractivity contribution in [2.75, 3.05) is 26.4 Å². The minimum absolute atomic E-state index is 0.312. The molecule has 0 aliphatic carbocycles. The Morgan fingerprint density at radius 3 is 1.09 bits per heavy atom. The van der Waals surface area contributed by atoms with E-state index in [1.165, 1.54) is 0 Å². The van der Waals surface area contributed by atoms with E-state index in [4.69, 9.17) is 28.4 Å². The number of unbranched alkanes of at least 4 members (excludes halogenated alkanes) is 4. The highest BCUT2D eigenvalue weighted by Crippen LogP contribution is 2.31. The second-order valence-corrected chi connectivity index (χ2v) is 10.4. The van der Waals surface area contributed by atoms with Crippen LogP contribution in [-0.4, -0.2) is 38.4 Å². The van der Waals surface area contributed by atoms with Crippen LogP contribution in [0.2, 0.25) is 0 Å². The quantitative estimate of drug-likeness (QED) is 0.0716. The molecule has 8 heteroatoms. The number of hydrogen-bond acceptors (Lipinski definition) is 8. The maximum atomic E-state index is 12.9. The first-order valence-electron chi connectivity index (χ1n) is 15.8. The van der Waals surface area contributed by atoms with Crippen LogP contribution < -0.4 is 28.4 Å². The van der Waals surface area contributed by atoms with E-state index in [1.807, 2.05) is 0 Å². The van der Waals surface area contributed by atoms with Crippen LogP contribution in [0.15, 0.2) is 60.7 Å². The van der Waals surface area contributed by atoms with Crippen LogP contribution in [-0.2, 0) is 0 Å². The third-order valence-electron chi connectivity index (χ3n) is 6.63. The van der Waals surface area contributed by atoms with E-state index < -0.39 is 11.9 Å². The van der Waals surface area contributed by atoms with Gasteiger partial charge in [0.25, 0.3) is 0 Å². The van der Waals surface area contributed by atoms with Crippen LogP contribution in [0.1, 0.15) is 99.8 Å². The van der Waals surface area contributed by atoms with E-state index >= 15 is 0 Å². The van der Waals surface area contributed by atoms with Crippen molar-refractivity contribution in [3.05, 3.63) is 71.8 Å². The van der Waals surface area contributed by atoms with Crippen LogP contribution in [0.25, 0.3) is 0 Å². The summed E-state index contributed by atoms with van der Waals surface area (Å²) in [7, 11) is 0. The third-order valence-corrected chi connectivity index (χ3v) is 6.63. The zero-order valence-electron chi connectivity index (χ0n) is 26.5. The number of hydrogen-bond donors (Lipinski definition) is 0. The Bertz CT molecular complexity index is 1200. The molecule has 0 saturated heterocycles. The predicted molar refractivity (Wildman–Crippen MR) is 171 cm³/mol. The highest BCUT2D eigenvalue weighted by molar-refractivity contribution is 5.92. The molecule has 0 N–H and O–H groups in total. The van der Waals surface area contributed by atoms with Gasteiger partial charge in [-0.2, -0.15) is 0 Å². The Labute approximate surface area is 261 Å². The molecule has 8 nitrogen and oxygen atoms in total. The fraction of sp³-hybridized carbons (Fsp3) is 0.444. The van der Waals surface area contributed by atoms with Gasteiger partial charge < -0.3 is 28.4 Å². The van der Waals surface area contributed by atoms with Gasteiger partial charge in [0, 0.05) is 0 Å². The van der Waals surface area contributed by atoms with Crippen molar-refractivity contribution in [2.45, 2.75) is 79.1 Å². The van der Waals surface area contributed by atoms with Gasteiger partial charge in [-0.1, -0.05) is 53.4 Å². The van der Waals surface area contributed by atoms with Crippen molar-refractivity contribution < 1.29 is 38.0 Å². The summed E-state index contributed by atoms with van der Waals surface area (Å²) in [5.74, 6) is 1.81. The Hall–Kier alpha value is -4.20. The van der Waals surface area contributed by atoms with Gasteiger partial charge in [-0.25, -0.2) is 9.59 Å². The number of rotatable bonds is 20. The molecule has 0 fully saturated rings. The molecule has 238 valence electrons. The molecule has 0 aliphatic heterocycles. The summed E-state index contributed by atoms with van der Waals surface area (Å²) in [5.41, 5.74) is 0.683. The van der Waals surface area contributed by atoms with Gasteiger partial charge in [-0.05, 0) is 86.3 Å². The number of carbonyl (C=O) groups excluding carboxylic acids is 2. The summed E-state index contributed by atoms with van der Waals surface area (Å²) < 4.78 is 34.7. The molecule has 44 heavy (non-hydrogen) atoms. The van der Waals surface area contributed by atoms with Crippen molar-refractivity contribution in [1.29, 1.82) is 0 Å². The molecule has 0 atom stereocenters. The average Bonchev–Trinajstić information content (AvgIpc) is 3.03. The van der Waals surface area contributed by atoms with E-state index in [1.54, 1.807) is 60.7 Å². The topological polar surface area (TPSA) is 89.5 Å². The first kappa shape index (κ1) is 34.3. The number of carbonyl (C=O) groups is 2. The second-order valence-electron chi connectivity index (χ2n) is 10.4. The van der Waals surface area contributed by atoms with Crippen LogP contribution in [0.4, 0.5) is 0 Å². The lowest BCUT2D eigenvalue weighted by molar-refractivity contribution is 0.0719. The monoisotopic (exact) mass is 606 g/mol. The lowest BCUT2D eigenvalue weighted by atomic mass is 10.2. The van der Waals surface area contributed by atoms with Crippen molar-refractivity contribution in [3.63, 3.8) is 0 Å². The minimum Gasteiger partial charge on any atom is -0.490 e. The number of esters is 2. The zero-order valence-corrected chi connectivity index (χ0v) is 26.5. The SMILES string of the molecule is CCCCOc1ccc(C(=O)Oc2ccc(OC(=O)c3ccc(OCCCC)c(OCCCC)c3)cc2)cc1OCCCC. The Morgan fingerprint density at radius 1 is 0.455 bits per heavy atom.